The minimum Gasteiger partial charge on any atom is -0.297 e. The first-order valence-corrected chi connectivity index (χ1v) is 7.83. The number of azo groups is 1. The van der Waals surface area contributed by atoms with E-state index in [9.17, 15) is 19.7 Å². The van der Waals surface area contributed by atoms with Gasteiger partial charge in [0.2, 0.25) is 0 Å². The largest absolute Gasteiger partial charge is 0.329 e. The average molecular weight is 369 g/mol. The maximum Gasteiger partial charge on any atom is 0.329 e. The van der Waals surface area contributed by atoms with E-state index in [1.807, 2.05) is 0 Å². The van der Waals surface area contributed by atoms with Crippen LogP contribution in [0.1, 0.15) is 5.56 Å². The Morgan fingerprint density at radius 2 is 2.19 bits per heavy atom. The second-order valence-corrected chi connectivity index (χ2v) is 5.63. The van der Waals surface area contributed by atoms with Gasteiger partial charge in [-0.15, -0.1) is 11.7 Å². The summed E-state index contributed by atoms with van der Waals surface area (Å²) in [6, 6.07) is 6.04. The SMILES string of the molecule is C=CCn1c(N=NCc2cccc([N+](=O)[O-])c2)nc2c1c(=O)[nH]c(=O)n2C. The van der Waals surface area contributed by atoms with Crippen LogP contribution in [0.3, 0.4) is 0 Å². The van der Waals surface area contributed by atoms with Gasteiger partial charge < -0.3 is 0 Å². The maximum atomic E-state index is 12.2. The molecule has 1 aromatic carbocycles. The number of nitro benzene ring substituents is 1. The zero-order valence-corrected chi connectivity index (χ0v) is 14.3. The van der Waals surface area contributed by atoms with Crippen LogP contribution in [0.5, 0.6) is 0 Å². The average Bonchev–Trinajstić information content (AvgIpc) is 2.99. The minimum absolute atomic E-state index is 0.0388. The van der Waals surface area contributed by atoms with E-state index in [2.05, 4.69) is 26.8 Å². The fraction of sp³-hybridized carbons (Fsp3) is 0.188. The van der Waals surface area contributed by atoms with Crippen LogP contribution in [-0.4, -0.2) is 24.0 Å². The number of hydrogen-bond acceptors (Lipinski definition) is 7. The molecule has 0 spiro atoms. The summed E-state index contributed by atoms with van der Waals surface area (Å²) in [6.45, 7) is 3.97. The van der Waals surface area contributed by atoms with Gasteiger partial charge in [-0.25, -0.2) is 4.79 Å². The molecular weight excluding hydrogens is 354 g/mol. The Kier molecular flexibility index (Phi) is 4.75. The van der Waals surface area contributed by atoms with Crippen LogP contribution in [0.4, 0.5) is 11.6 Å². The number of fused-ring (bicyclic) bond motifs is 1. The maximum absolute atomic E-state index is 12.2. The monoisotopic (exact) mass is 369 g/mol. The number of nitrogens with one attached hydrogen (secondary N) is 1. The molecule has 3 rings (SSSR count). The molecule has 2 heterocycles. The first-order chi connectivity index (χ1) is 12.9. The number of allylic oxidation sites excluding steroid dienone is 1. The van der Waals surface area contributed by atoms with Gasteiger partial charge in [-0.3, -0.25) is 29.0 Å². The summed E-state index contributed by atoms with van der Waals surface area (Å²) in [5.74, 6) is 0.127. The molecule has 1 N–H and O–H groups in total. The Hall–Kier alpha value is -3.89. The molecule has 0 saturated heterocycles. The van der Waals surface area contributed by atoms with Gasteiger partial charge in [0.05, 0.1) is 11.5 Å². The van der Waals surface area contributed by atoms with E-state index in [-0.39, 0.29) is 35.9 Å². The van der Waals surface area contributed by atoms with Crippen LogP contribution in [0.2, 0.25) is 0 Å². The summed E-state index contributed by atoms with van der Waals surface area (Å²) in [4.78, 5) is 40.7. The van der Waals surface area contributed by atoms with E-state index >= 15 is 0 Å². The lowest BCUT2D eigenvalue weighted by Crippen LogP contribution is -2.29. The predicted molar refractivity (Wildman–Crippen MR) is 97.1 cm³/mol. The Balaban J connectivity index is 2.00. The molecule has 3 aromatic rings. The van der Waals surface area contributed by atoms with Crippen molar-refractivity contribution in [1.82, 2.24) is 19.1 Å². The van der Waals surface area contributed by atoms with Gasteiger partial charge in [-0.1, -0.05) is 18.2 Å². The molecule has 0 bridgehead atoms. The van der Waals surface area contributed by atoms with Crippen molar-refractivity contribution in [2.24, 2.45) is 17.3 Å². The number of aryl methyl sites for hydroxylation is 1. The van der Waals surface area contributed by atoms with Crippen LogP contribution >= 0.6 is 0 Å². The van der Waals surface area contributed by atoms with Crippen LogP contribution in [0, 0.1) is 10.1 Å². The van der Waals surface area contributed by atoms with E-state index in [0.29, 0.717) is 5.56 Å². The normalized spacial score (nSPS) is 11.3. The fourth-order valence-electron chi connectivity index (χ4n) is 2.55. The van der Waals surface area contributed by atoms with Crippen LogP contribution in [0.25, 0.3) is 11.2 Å². The number of nitro groups is 1. The standard InChI is InChI=1S/C16H15N7O4/c1-3-7-22-12-13(21(2)16(25)19-14(12)24)18-15(22)20-17-9-10-5-4-6-11(8-10)23(26)27/h3-6,8H,1,7,9H2,2H3,(H,19,24,25). The molecule has 11 nitrogen and oxygen atoms in total. The van der Waals surface area contributed by atoms with Gasteiger partial charge in [0.15, 0.2) is 11.2 Å². The highest BCUT2D eigenvalue weighted by atomic mass is 16.6. The highest BCUT2D eigenvalue weighted by Crippen LogP contribution is 2.19. The van der Waals surface area contributed by atoms with Crippen LogP contribution in [-0.2, 0) is 20.1 Å². The van der Waals surface area contributed by atoms with Crippen molar-refractivity contribution < 1.29 is 4.92 Å². The van der Waals surface area contributed by atoms with Gasteiger partial charge >= 0.3 is 5.69 Å². The lowest BCUT2D eigenvalue weighted by Gasteiger charge is -2.01. The minimum atomic E-state index is -0.587. The summed E-state index contributed by atoms with van der Waals surface area (Å²) in [6.07, 6.45) is 1.56. The number of aromatic amines is 1. The predicted octanol–water partition coefficient (Wildman–Crippen LogP) is 1.80. The lowest BCUT2D eigenvalue weighted by molar-refractivity contribution is -0.384. The number of benzene rings is 1. The quantitative estimate of drug-likeness (QED) is 0.305. The molecule has 27 heavy (non-hydrogen) atoms. The molecule has 0 saturated carbocycles. The van der Waals surface area contributed by atoms with Gasteiger partial charge in [0.1, 0.15) is 0 Å². The molecule has 0 radical (unpaired) electrons. The van der Waals surface area contributed by atoms with Gasteiger partial charge in [-0.05, 0) is 5.56 Å². The summed E-state index contributed by atoms with van der Waals surface area (Å²) in [7, 11) is 1.48. The van der Waals surface area contributed by atoms with Crippen molar-refractivity contribution >= 4 is 22.8 Å². The third-order valence-electron chi connectivity index (χ3n) is 3.83. The molecular formula is C16H15N7O4. The van der Waals surface area contributed by atoms with Crippen LogP contribution in [0.15, 0.2) is 56.7 Å². The van der Waals surface area contributed by atoms with Crippen molar-refractivity contribution in [2.45, 2.75) is 13.1 Å². The Morgan fingerprint density at radius 3 is 2.89 bits per heavy atom. The van der Waals surface area contributed by atoms with Gasteiger partial charge in [-0.2, -0.15) is 10.1 Å². The summed E-state index contributed by atoms with van der Waals surface area (Å²) in [5, 5.41) is 18.9. The van der Waals surface area contributed by atoms with Gasteiger partial charge in [0.25, 0.3) is 17.2 Å². The van der Waals surface area contributed by atoms with Crippen molar-refractivity contribution in [1.29, 1.82) is 0 Å². The Labute approximate surface area is 151 Å². The van der Waals surface area contributed by atoms with Crippen molar-refractivity contribution in [2.75, 3.05) is 0 Å². The molecule has 0 aliphatic carbocycles. The highest BCUT2D eigenvalue weighted by Gasteiger charge is 2.16. The van der Waals surface area contributed by atoms with Crippen molar-refractivity contribution in [3.8, 4) is 0 Å². The summed E-state index contributed by atoms with van der Waals surface area (Å²) >= 11 is 0. The zero-order valence-electron chi connectivity index (χ0n) is 14.3. The number of imidazole rings is 1. The molecule has 138 valence electrons. The first-order valence-electron chi connectivity index (χ1n) is 7.83. The Bertz CT molecular complexity index is 1190. The van der Waals surface area contributed by atoms with Crippen molar-refractivity contribution in [3.63, 3.8) is 0 Å². The second-order valence-electron chi connectivity index (χ2n) is 5.63. The smallest absolute Gasteiger partial charge is 0.297 e. The van der Waals surface area contributed by atoms with Gasteiger partial charge in [0, 0.05) is 25.7 Å². The summed E-state index contributed by atoms with van der Waals surface area (Å²) in [5.41, 5.74) is -0.248. The van der Waals surface area contributed by atoms with E-state index in [4.69, 9.17) is 0 Å². The van der Waals surface area contributed by atoms with E-state index in [0.717, 1.165) is 0 Å². The number of aromatic nitrogens is 4. The highest BCUT2D eigenvalue weighted by molar-refractivity contribution is 5.73. The number of non-ortho nitro benzene ring substituents is 1. The lowest BCUT2D eigenvalue weighted by atomic mass is 10.2. The first kappa shape index (κ1) is 17.9. The molecule has 2 aromatic heterocycles. The van der Waals surface area contributed by atoms with Crippen LogP contribution < -0.4 is 11.2 Å². The second kappa shape index (κ2) is 7.15. The zero-order chi connectivity index (χ0) is 19.6. The molecule has 0 atom stereocenters. The number of hydrogen-bond donors (Lipinski definition) is 1. The third-order valence-corrected chi connectivity index (χ3v) is 3.83. The summed E-state index contributed by atoms with van der Waals surface area (Å²) < 4.78 is 2.69. The third kappa shape index (κ3) is 3.42. The Morgan fingerprint density at radius 1 is 1.41 bits per heavy atom. The molecule has 0 unspecified atom stereocenters. The molecule has 11 heteroatoms. The van der Waals surface area contributed by atoms with Crippen molar-refractivity contribution in [3.05, 3.63) is 73.4 Å². The molecule has 0 aliphatic rings. The number of H-pyrrole nitrogens is 1. The van der Waals surface area contributed by atoms with E-state index in [1.54, 1.807) is 18.2 Å². The number of rotatable bonds is 6. The molecule has 0 aliphatic heterocycles. The van der Waals surface area contributed by atoms with E-state index in [1.165, 1.54) is 28.3 Å². The fourth-order valence-corrected chi connectivity index (χ4v) is 2.55. The molecule has 0 fully saturated rings. The number of nitrogens with zero attached hydrogens (tertiary/aromatic N) is 6. The van der Waals surface area contributed by atoms with E-state index < -0.39 is 16.2 Å². The topological polar surface area (TPSA) is 141 Å². The molecule has 0 amide bonds.